The third-order valence-electron chi connectivity index (χ3n) is 2.97. The van der Waals surface area contributed by atoms with E-state index in [2.05, 4.69) is 26.0 Å². The van der Waals surface area contributed by atoms with Crippen molar-refractivity contribution in [1.29, 1.82) is 0 Å². The molecule has 0 fully saturated rings. The topological polar surface area (TPSA) is 55.4 Å². The molecule has 0 heterocycles. The minimum absolute atomic E-state index is 0.220. The third-order valence-corrected chi connectivity index (χ3v) is 3.47. The lowest BCUT2D eigenvalue weighted by molar-refractivity contribution is 0.0600. The number of carbonyl (C=O) groups excluding carboxylic acids is 2. The van der Waals surface area contributed by atoms with Crippen molar-refractivity contribution in [3.63, 3.8) is 0 Å². The molecule has 1 amide bonds. The number of anilines is 1. The molecular weight excluding hydrogens is 334 g/mol. The van der Waals surface area contributed by atoms with Crippen LogP contribution in [0.3, 0.4) is 0 Å². The van der Waals surface area contributed by atoms with Crippen LogP contribution in [0.4, 0.5) is 5.69 Å². The van der Waals surface area contributed by atoms with Gasteiger partial charge in [0, 0.05) is 15.7 Å². The van der Waals surface area contributed by atoms with Crippen LogP contribution in [0.1, 0.15) is 26.3 Å². The Morgan fingerprint density at radius 1 is 1.14 bits per heavy atom. The van der Waals surface area contributed by atoms with E-state index in [1.165, 1.54) is 7.11 Å². The zero-order chi connectivity index (χ0) is 15.4. The summed E-state index contributed by atoms with van der Waals surface area (Å²) < 4.78 is 5.58. The molecule has 108 valence electrons. The highest BCUT2D eigenvalue weighted by Gasteiger charge is 2.11. The minimum atomic E-state index is -0.439. The first kappa shape index (κ1) is 15.3. The van der Waals surface area contributed by atoms with Crippen molar-refractivity contribution in [2.75, 3.05) is 12.4 Å². The second kappa shape index (κ2) is 6.54. The number of hydrogen-bond acceptors (Lipinski definition) is 3. The Bertz CT molecular complexity index is 698. The van der Waals surface area contributed by atoms with E-state index in [1.807, 2.05) is 19.1 Å². The predicted molar refractivity (Wildman–Crippen MR) is 84.6 cm³/mol. The zero-order valence-corrected chi connectivity index (χ0v) is 13.2. The quantitative estimate of drug-likeness (QED) is 0.859. The summed E-state index contributed by atoms with van der Waals surface area (Å²) in [5, 5.41) is 2.78. The van der Waals surface area contributed by atoms with Crippen molar-refractivity contribution in [2.45, 2.75) is 6.92 Å². The Morgan fingerprint density at radius 3 is 2.57 bits per heavy atom. The van der Waals surface area contributed by atoms with Crippen molar-refractivity contribution >= 4 is 33.5 Å². The zero-order valence-electron chi connectivity index (χ0n) is 11.6. The lowest BCUT2D eigenvalue weighted by Crippen LogP contribution is -2.14. The van der Waals surface area contributed by atoms with E-state index in [9.17, 15) is 9.59 Å². The van der Waals surface area contributed by atoms with Gasteiger partial charge in [-0.05, 0) is 48.9 Å². The molecule has 0 aliphatic heterocycles. The molecule has 0 bridgehead atoms. The van der Waals surface area contributed by atoms with Crippen LogP contribution in [0.2, 0.25) is 0 Å². The molecule has 0 aromatic heterocycles. The molecule has 0 spiro atoms. The predicted octanol–water partition coefficient (Wildman–Crippen LogP) is 3.80. The number of halogens is 1. The second-order valence-electron chi connectivity index (χ2n) is 4.49. The highest BCUT2D eigenvalue weighted by atomic mass is 79.9. The van der Waals surface area contributed by atoms with E-state index in [0.29, 0.717) is 16.8 Å². The van der Waals surface area contributed by atoms with Gasteiger partial charge in [-0.15, -0.1) is 0 Å². The highest BCUT2D eigenvalue weighted by Crippen LogP contribution is 2.18. The van der Waals surface area contributed by atoms with Crippen LogP contribution < -0.4 is 5.32 Å². The third kappa shape index (κ3) is 3.70. The molecule has 0 saturated carbocycles. The van der Waals surface area contributed by atoms with Crippen molar-refractivity contribution in [3.8, 4) is 0 Å². The first-order chi connectivity index (χ1) is 10.0. The molecule has 21 heavy (non-hydrogen) atoms. The average Bonchev–Trinajstić information content (AvgIpc) is 2.46. The van der Waals surface area contributed by atoms with Gasteiger partial charge in [0.2, 0.25) is 0 Å². The first-order valence-electron chi connectivity index (χ1n) is 6.27. The monoisotopic (exact) mass is 347 g/mol. The van der Waals surface area contributed by atoms with Crippen LogP contribution in [0.5, 0.6) is 0 Å². The lowest BCUT2D eigenvalue weighted by Gasteiger charge is -2.09. The summed E-state index contributed by atoms with van der Waals surface area (Å²) in [6, 6.07) is 12.1. The number of amides is 1. The van der Waals surface area contributed by atoms with Gasteiger partial charge >= 0.3 is 5.97 Å². The van der Waals surface area contributed by atoms with Crippen LogP contribution in [-0.4, -0.2) is 19.0 Å². The molecule has 2 aromatic rings. The van der Waals surface area contributed by atoms with E-state index in [-0.39, 0.29) is 5.91 Å². The molecule has 0 aliphatic carbocycles. The maximum Gasteiger partial charge on any atom is 0.337 e. The van der Waals surface area contributed by atoms with E-state index in [1.54, 1.807) is 30.3 Å². The van der Waals surface area contributed by atoms with E-state index in [0.717, 1.165) is 10.0 Å². The van der Waals surface area contributed by atoms with Crippen molar-refractivity contribution in [3.05, 3.63) is 63.6 Å². The standard InChI is InChI=1S/C16H14BrNO3/c1-10-8-12(17)6-7-14(10)15(19)18-13-5-3-4-11(9-13)16(20)21-2/h3-9H,1-2H3,(H,18,19). The summed E-state index contributed by atoms with van der Waals surface area (Å²) in [4.78, 5) is 23.7. The maximum absolute atomic E-state index is 12.3. The largest absolute Gasteiger partial charge is 0.465 e. The van der Waals surface area contributed by atoms with Crippen molar-refractivity contribution in [1.82, 2.24) is 0 Å². The Morgan fingerprint density at radius 2 is 1.90 bits per heavy atom. The summed E-state index contributed by atoms with van der Waals surface area (Å²) >= 11 is 3.36. The van der Waals surface area contributed by atoms with E-state index < -0.39 is 5.97 Å². The molecule has 1 N–H and O–H groups in total. The average molecular weight is 348 g/mol. The SMILES string of the molecule is COC(=O)c1cccc(NC(=O)c2ccc(Br)cc2C)c1. The molecule has 5 heteroatoms. The Kier molecular flexibility index (Phi) is 4.75. The van der Waals surface area contributed by atoms with Gasteiger partial charge in [0.15, 0.2) is 0 Å². The molecule has 0 unspecified atom stereocenters. The van der Waals surface area contributed by atoms with Gasteiger partial charge in [-0.25, -0.2) is 4.79 Å². The smallest absolute Gasteiger partial charge is 0.337 e. The lowest BCUT2D eigenvalue weighted by atomic mass is 10.1. The van der Waals surface area contributed by atoms with Gasteiger partial charge in [-0.1, -0.05) is 22.0 Å². The summed E-state index contributed by atoms with van der Waals surface area (Å²) in [5.74, 6) is -0.659. The van der Waals surface area contributed by atoms with Gasteiger partial charge in [0.25, 0.3) is 5.91 Å². The number of aryl methyl sites for hydroxylation is 1. The van der Waals surface area contributed by atoms with Crippen molar-refractivity contribution in [2.24, 2.45) is 0 Å². The summed E-state index contributed by atoms with van der Waals surface area (Å²) in [6.07, 6.45) is 0. The number of esters is 1. The molecule has 0 aliphatic rings. The molecule has 0 radical (unpaired) electrons. The molecule has 4 nitrogen and oxygen atoms in total. The van der Waals surface area contributed by atoms with Gasteiger partial charge < -0.3 is 10.1 Å². The highest BCUT2D eigenvalue weighted by molar-refractivity contribution is 9.10. The molecule has 2 rings (SSSR count). The van der Waals surface area contributed by atoms with Gasteiger partial charge in [-0.3, -0.25) is 4.79 Å². The normalized spacial score (nSPS) is 10.0. The fraction of sp³-hybridized carbons (Fsp3) is 0.125. The number of methoxy groups -OCH3 is 1. The summed E-state index contributed by atoms with van der Waals surface area (Å²) in [7, 11) is 1.32. The minimum Gasteiger partial charge on any atom is -0.465 e. The van der Waals surface area contributed by atoms with Crippen LogP contribution in [0, 0.1) is 6.92 Å². The van der Waals surface area contributed by atoms with Gasteiger partial charge in [0.05, 0.1) is 12.7 Å². The van der Waals surface area contributed by atoms with E-state index in [4.69, 9.17) is 0 Å². The Balaban J connectivity index is 2.21. The molecular formula is C16H14BrNO3. The fourth-order valence-electron chi connectivity index (χ4n) is 1.92. The van der Waals surface area contributed by atoms with Gasteiger partial charge in [-0.2, -0.15) is 0 Å². The van der Waals surface area contributed by atoms with Crippen LogP contribution in [0.15, 0.2) is 46.9 Å². The summed E-state index contributed by atoms with van der Waals surface area (Å²) in [6.45, 7) is 1.87. The molecule has 0 atom stereocenters. The van der Waals surface area contributed by atoms with Crippen molar-refractivity contribution < 1.29 is 14.3 Å². The molecule has 0 saturated heterocycles. The second-order valence-corrected chi connectivity index (χ2v) is 5.40. The number of benzene rings is 2. The van der Waals surface area contributed by atoms with Crippen LogP contribution >= 0.6 is 15.9 Å². The number of ether oxygens (including phenoxy) is 1. The number of hydrogen-bond donors (Lipinski definition) is 1. The Hall–Kier alpha value is -2.14. The number of carbonyl (C=O) groups is 2. The van der Waals surface area contributed by atoms with Crippen LogP contribution in [0.25, 0.3) is 0 Å². The van der Waals surface area contributed by atoms with Gasteiger partial charge in [0.1, 0.15) is 0 Å². The first-order valence-corrected chi connectivity index (χ1v) is 7.06. The van der Waals surface area contributed by atoms with Crippen LogP contribution in [-0.2, 0) is 4.74 Å². The number of nitrogens with one attached hydrogen (secondary N) is 1. The molecule has 2 aromatic carbocycles. The summed E-state index contributed by atoms with van der Waals surface area (Å²) in [5.41, 5.74) is 2.39. The number of rotatable bonds is 3. The maximum atomic E-state index is 12.3. The van der Waals surface area contributed by atoms with E-state index >= 15 is 0 Å². The Labute approximate surface area is 131 Å². The fourth-order valence-corrected chi connectivity index (χ4v) is 2.40.